The third-order valence-corrected chi connectivity index (χ3v) is 3.54. The van der Waals surface area contributed by atoms with Gasteiger partial charge in [-0.2, -0.15) is 0 Å². The minimum atomic E-state index is -0.267. The van der Waals surface area contributed by atoms with E-state index in [-0.39, 0.29) is 17.5 Å². The maximum absolute atomic E-state index is 12.3. The van der Waals surface area contributed by atoms with Crippen LogP contribution in [0.25, 0.3) is 0 Å². The van der Waals surface area contributed by atoms with Gasteiger partial charge >= 0.3 is 0 Å². The summed E-state index contributed by atoms with van der Waals surface area (Å²) in [6.45, 7) is 4.80. The summed E-state index contributed by atoms with van der Waals surface area (Å²) < 4.78 is 0. The van der Waals surface area contributed by atoms with E-state index in [1.807, 2.05) is 31.0 Å². The highest BCUT2D eigenvalue weighted by atomic mass is 16.2. The molecule has 0 aromatic carbocycles. The number of H-pyrrole nitrogens is 1. The van der Waals surface area contributed by atoms with Gasteiger partial charge in [0.1, 0.15) is 0 Å². The fraction of sp³-hybridized carbons (Fsp3) is 0.643. The second kappa shape index (κ2) is 5.14. The highest BCUT2D eigenvalue weighted by Crippen LogP contribution is 2.31. The molecule has 0 saturated carbocycles. The van der Waals surface area contributed by atoms with E-state index < -0.39 is 0 Å². The molecule has 1 unspecified atom stereocenters. The molecule has 1 amide bonds. The molecule has 1 saturated heterocycles. The summed E-state index contributed by atoms with van der Waals surface area (Å²) in [5, 5.41) is 0. The van der Waals surface area contributed by atoms with Crippen molar-refractivity contribution < 1.29 is 4.79 Å². The number of hydrogen-bond donors (Lipinski definition) is 2. The topological polar surface area (TPSA) is 62.1 Å². The van der Waals surface area contributed by atoms with Crippen LogP contribution in [0.3, 0.4) is 0 Å². The van der Waals surface area contributed by atoms with Crippen molar-refractivity contribution >= 4 is 5.91 Å². The van der Waals surface area contributed by atoms with Crippen molar-refractivity contribution in [3.05, 3.63) is 24.0 Å². The zero-order chi connectivity index (χ0) is 13.2. The third-order valence-electron chi connectivity index (χ3n) is 3.54. The van der Waals surface area contributed by atoms with Gasteiger partial charge < -0.3 is 15.6 Å². The third kappa shape index (κ3) is 3.13. The van der Waals surface area contributed by atoms with E-state index in [0.29, 0.717) is 6.42 Å². The summed E-state index contributed by atoms with van der Waals surface area (Å²) in [5.41, 5.74) is 6.81. The van der Waals surface area contributed by atoms with E-state index in [1.54, 1.807) is 0 Å². The molecule has 4 nitrogen and oxygen atoms in total. The number of hydrogen-bond acceptors (Lipinski definition) is 2. The summed E-state index contributed by atoms with van der Waals surface area (Å²) in [5.74, 6) is 0.227. The van der Waals surface area contributed by atoms with Gasteiger partial charge in [0.15, 0.2) is 0 Å². The number of carbonyl (C=O) groups is 1. The van der Waals surface area contributed by atoms with E-state index in [0.717, 1.165) is 31.5 Å². The van der Waals surface area contributed by atoms with Crippen LogP contribution in [0.5, 0.6) is 0 Å². The fourth-order valence-electron chi connectivity index (χ4n) is 2.51. The first-order chi connectivity index (χ1) is 8.47. The van der Waals surface area contributed by atoms with Crippen molar-refractivity contribution in [3.8, 4) is 0 Å². The first kappa shape index (κ1) is 13.1. The zero-order valence-corrected chi connectivity index (χ0v) is 11.3. The predicted molar refractivity (Wildman–Crippen MR) is 72.0 cm³/mol. The van der Waals surface area contributed by atoms with Gasteiger partial charge in [-0.3, -0.25) is 4.79 Å². The smallest absolute Gasteiger partial charge is 0.223 e. The predicted octanol–water partition coefficient (Wildman–Crippen LogP) is 2.20. The summed E-state index contributed by atoms with van der Waals surface area (Å²) in [6, 6.07) is 4.27. The van der Waals surface area contributed by atoms with Gasteiger partial charge in [0, 0.05) is 30.4 Å². The minimum absolute atomic E-state index is 0.227. The van der Waals surface area contributed by atoms with E-state index in [2.05, 4.69) is 11.1 Å². The Hall–Kier alpha value is -1.29. The van der Waals surface area contributed by atoms with Crippen LogP contribution in [0.1, 0.15) is 51.3 Å². The Labute approximate surface area is 109 Å². The summed E-state index contributed by atoms with van der Waals surface area (Å²) >= 11 is 0. The van der Waals surface area contributed by atoms with Crippen LogP contribution in [0.4, 0.5) is 0 Å². The van der Waals surface area contributed by atoms with E-state index >= 15 is 0 Å². The van der Waals surface area contributed by atoms with E-state index in [9.17, 15) is 4.79 Å². The van der Waals surface area contributed by atoms with Crippen LogP contribution >= 0.6 is 0 Å². The molecule has 0 aliphatic carbocycles. The number of nitrogens with one attached hydrogen (secondary N) is 1. The molecule has 0 radical (unpaired) electrons. The Morgan fingerprint density at radius 2 is 2.39 bits per heavy atom. The minimum Gasteiger partial charge on any atom is -0.363 e. The van der Waals surface area contributed by atoms with Crippen molar-refractivity contribution in [2.45, 2.75) is 51.1 Å². The molecule has 0 bridgehead atoms. The Bertz CT molecular complexity index is 392. The van der Waals surface area contributed by atoms with Gasteiger partial charge in [-0.1, -0.05) is 0 Å². The normalized spacial score (nSPS) is 20.4. The lowest BCUT2D eigenvalue weighted by molar-refractivity contribution is -0.132. The summed E-state index contributed by atoms with van der Waals surface area (Å²) in [6.07, 6.45) is 5.33. The van der Waals surface area contributed by atoms with Crippen molar-refractivity contribution in [3.63, 3.8) is 0 Å². The lowest BCUT2D eigenvalue weighted by Gasteiger charge is -2.26. The zero-order valence-electron chi connectivity index (χ0n) is 11.3. The highest BCUT2D eigenvalue weighted by Gasteiger charge is 2.30. The van der Waals surface area contributed by atoms with Gasteiger partial charge in [-0.15, -0.1) is 0 Å². The Balaban J connectivity index is 1.97. The van der Waals surface area contributed by atoms with Gasteiger partial charge in [0.25, 0.3) is 0 Å². The van der Waals surface area contributed by atoms with Crippen LogP contribution in [0, 0.1) is 0 Å². The second-order valence-corrected chi connectivity index (χ2v) is 5.86. The summed E-state index contributed by atoms with van der Waals surface area (Å²) in [7, 11) is 0. The van der Waals surface area contributed by atoms with Crippen molar-refractivity contribution in [2.24, 2.45) is 5.73 Å². The molecule has 100 valence electrons. The molecule has 1 aliphatic heterocycles. The lowest BCUT2D eigenvalue weighted by atomic mass is 9.99. The lowest BCUT2D eigenvalue weighted by Crippen LogP contribution is -2.36. The molecule has 1 aromatic rings. The van der Waals surface area contributed by atoms with Crippen LogP contribution < -0.4 is 5.73 Å². The van der Waals surface area contributed by atoms with Gasteiger partial charge in [-0.25, -0.2) is 0 Å². The molecular weight excluding hydrogens is 226 g/mol. The number of aromatic amines is 1. The van der Waals surface area contributed by atoms with Crippen LogP contribution in [0.15, 0.2) is 18.3 Å². The Morgan fingerprint density at radius 1 is 1.61 bits per heavy atom. The van der Waals surface area contributed by atoms with Crippen LogP contribution in [-0.4, -0.2) is 27.9 Å². The number of nitrogens with zero attached hydrogens (tertiary/aromatic N) is 1. The number of amides is 1. The number of nitrogens with two attached hydrogens (primary N) is 1. The van der Waals surface area contributed by atoms with Crippen molar-refractivity contribution in [1.29, 1.82) is 0 Å². The maximum Gasteiger partial charge on any atom is 0.223 e. The number of likely N-dealkylation sites (tertiary alicyclic amines) is 1. The average molecular weight is 249 g/mol. The quantitative estimate of drug-likeness (QED) is 0.859. The Kier molecular flexibility index (Phi) is 3.76. The molecule has 1 atom stereocenters. The van der Waals surface area contributed by atoms with E-state index in [1.165, 1.54) is 0 Å². The molecule has 1 aromatic heterocycles. The first-order valence-electron chi connectivity index (χ1n) is 6.69. The SMILES string of the molecule is CC(C)(N)CCC(=O)N1CCCC1c1ccc[nH]1. The molecule has 3 N–H and O–H groups in total. The highest BCUT2D eigenvalue weighted by molar-refractivity contribution is 5.77. The van der Waals surface area contributed by atoms with Gasteiger partial charge in [0.2, 0.25) is 5.91 Å². The molecule has 2 heterocycles. The molecule has 1 fully saturated rings. The molecule has 4 heteroatoms. The van der Waals surface area contributed by atoms with Crippen molar-refractivity contribution in [1.82, 2.24) is 9.88 Å². The Morgan fingerprint density at radius 3 is 3.00 bits per heavy atom. The standard InChI is InChI=1S/C14H23N3O/c1-14(2,15)8-7-13(18)17-10-4-6-12(17)11-5-3-9-16-11/h3,5,9,12,16H,4,6-8,10,15H2,1-2H3. The molecular formula is C14H23N3O. The molecule has 18 heavy (non-hydrogen) atoms. The molecule has 2 rings (SSSR count). The fourth-order valence-corrected chi connectivity index (χ4v) is 2.51. The second-order valence-electron chi connectivity index (χ2n) is 5.86. The van der Waals surface area contributed by atoms with Crippen LogP contribution in [-0.2, 0) is 4.79 Å². The van der Waals surface area contributed by atoms with Crippen molar-refractivity contribution in [2.75, 3.05) is 6.54 Å². The monoisotopic (exact) mass is 249 g/mol. The molecule has 1 aliphatic rings. The van der Waals surface area contributed by atoms with Crippen LogP contribution in [0.2, 0.25) is 0 Å². The molecule has 0 spiro atoms. The van der Waals surface area contributed by atoms with Gasteiger partial charge in [-0.05, 0) is 45.2 Å². The summed E-state index contributed by atoms with van der Waals surface area (Å²) in [4.78, 5) is 17.5. The average Bonchev–Trinajstić information content (AvgIpc) is 2.94. The maximum atomic E-state index is 12.3. The number of rotatable bonds is 4. The number of aromatic nitrogens is 1. The van der Waals surface area contributed by atoms with Gasteiger partial charge in [0.05, 0.1) is 6.04 Å². The largest absolute Gasteiger partial charge is 0.363 e. The first-order valence-corrected chi connectivity index (χ1v) is 6.69. The number of carbonyl (C=O) groups excluding carboxylic acids is 1. The van der Waals surface area contributed by atoms with E-state index in [4.69, 9.17) is 5.73 Å².